The molecule has 1 unspecified atom stereocenters. The van der Waals surface area contributed by atoms with Crippen molar-refractivity contribution in [2.45, 2.75) is 31.2 Å². The fourth-order valence-electron chi connectivity index (χ4n) is 1.36. The third kappa shape index (κ3) is 3.92. The molecule has 0 spiro atoms. The molecule has 1 aromatic carbocycles. The Morgan fingerprint density at radius 2 is 1.85 bits per heavy atom. The van der Waals surface area contributed by atoms with Crippen molar-refractivity contribution in [3.05, 3.63) is 26.7 Å². The lowest BCUT2D eigenvalue weighted by Crippen LogP contribution is -2.32. The van der Waals surface area contributed by atoms with E-state index in [2.05, 4.69) is 5.32 Å². The maximum absolute atomic E-state index is 12.1. The predicted octanol–water partition coefficient (Wildman–Crippen LogP) is 4.10. The van der Waals surface area contributed by atoms with Gasteiger partial charge in [0.1, 0.15) is 4.90 Å². The van der Waals surface area contributed by atoms with E-state index >= 15 is 0 Å². The first-order chi connectivity index (χ1) is 9.09. The van der Waals surface area contributed by atoms with Crippen LogP contribution in [0.3, 0.4) is 0 Å². The number of hydrogen-bond acceptors (Lipinski definition) is 3. The van der Waals surface area contributed by atoms with Gasteiger partial charge in [0, 0.05) is 16.7 Å². The van der Waals surface area contributed by atoms with E-state index in [1.807, 2.05) is 6.92 Å². The highest BCUT2D eigenvalue weighted by molar-refractivity contribution is 8.13. The molecular formula is C11H11Cl4NO3S. The second kappa shape index (κ2) is 6.71. The highest BCUT2D eigenvalue weighted by Gasteiger charge is 2.26. The summed E-state index contributed by atoms with van der Waals surface area (Å²) in [5.41, 5.74) is -0.208. The molecule has 1 atom stereocenters. The average Bonchev–Trinajstić information content (AvgIpc) is 2.32. The Morgan fingerprint density at radius 1 is 1.30 bits per heavy atom. The largest absolute Gasteiger partial charge is 0.350 e. The summed E-state index contributed by atoms with van der Waals surface area (Å²) in [6.45, 7) is 3.66. The molecule has 0 aliphatic rings. The van der Waals surface area contributed by atoms with E-state index in [0.29, 0.717) is 6.42 Å². The molecule has 1 aromatic rings. The highest BCUT2D eigenvalue weighted by atomic mass is 35.7. The Hall–Kier alpha value is -0.200. The van der Waals surface area contributed by atoms with Crippen molar-refractivity contribution in [1.29, 1.82) is 0 Å². The molecule has 1 N–H and O–H groups in total. The lowest BCUT2D eigenvalue weighted by Gasteiger charge is -2.15. The number of rotatable bonds is 4. The molecule has 0 bridgehead atoms. The van der Waals surface area contributed by atoms with Crippen LogP contribution in [-0.2, 0) is 9.05 Å². The quantitative estimate of drug-likeness (QED) is 0.633. The first-order valence-electron chi connectivity index (χ1n) is 5.52. The van der Waals surface area contributed by atoms with Gasteiger partial charge in [-0.2, -0.15) is 0 Å². The van der Waals surface area contributed by atoms with Crippen molar-refractivity contribution in [2.75, 3.05) is 0 Å². The zero-order chi connectivity index (χ0) is 15.7. The lowest BCUT2D eigenvalue weighted by atomic mass is 10.1. The minimum atomic E-state index is -4.15. The third-order valence-corrected chi connectivity index (χ3v) is 5.24. The van der Waals surface area contributed by atoms with Crippen LogP contribution in [0.2, 0.25) is 15.1 Å². The molecule has 1 amide bonds. The van der Waals surface area contributed by atoms with Gasteiger partial charge in [-0.05, 0) is 19.4 Å². The van der Waals surface area contributed by atoms with Crippen LogP contribution < -0.4 is 5.32 Å². The van der Waals surface area contributed by atoms with Crippen molar-refractivity contribution >= 4 is 60.4 Å². The minimum Gasteiger partial charge on any atom is -0.350 e. The zero-order valence-corrected chi connectivity index (χ0v) is 14.3. The van der Waals surface area contributed by atoms with Crippen LogP contribution in [0.5, 0.6) is 0 Å². The smallest absolute Gasteiger partial charge is 0.262 e. The van der Waals surface area contributed by atoms with Gasteiger partial charge in [0.25, 0.3) is 15.0 Å². The third-order valence-electron chi connectivity index (χ3n) is 2.60. The van der Waals surface area contributed by atoms with Gasteiger partial charge < -0.3 is 5.32 Å². The summed E-state index contributed by atoms with van der Waals surface area (Å²) in [6, 6.07) is 0.874. The lowest BCUT2D eigenvalue weighted by molar-refractivity contribution is 0.0939. The Bertz CT molecular complexity index is 646. The van der Waals surface area contributed by atoms with E-state index in [0.717, 1.165) is 6.07 Å². The summed E-state index contributed by atoms with van der Waals surface area (Å²) in [6.07, 6.45) is 0.683. The first kappa shape index (κ1) is 17.9. The van der Waals surface area contributed by atoms with E-state index in [1.54, 1.807) is 6.92 Å². The van der Waals surface area contributed by atoms with E-state index in [-0.39, 0.29) is 26.7 Å². The number of benzene rings is 1. The molecule has 0 saturated heterocycles. The van der Waals surface area contributed by atoms with Crippen LogP contribution in [0.1, 0.15) is 30.6 Å². The number of amides is 1. The molecule has 20 heavy (non-hydrogen) atoms. The summed E-state index contributed by atoms with van der Waals surface area (Å²) in [5.74, 6) is -0.613. The number of halogens is 4. The molecule has 0 fully saturated rings. The van der Waals surface area contributed by atoms with Crippen molar-refractivity contribution in [2.24, 2.45) is 0 Å². The standard InChI is InChI=1S/C11H11Cl4NO3S/c1-3-5(2)16-11(17)8-9(13)6(12)4-7(10(8)14)20(15,18)19/h4-5H,3H2,1-2H3,(H,16,17). The van der Waals surface area contributed by atoms with Crippen LogP contribution >= 0.6 is 45.5 Å². The molecule has 9 heteroatoms. The van der Waals surface area contributed by atoms with E-state index in [4.69, 9.17) is 45.5 Å². The summed E-state index contributed by atoms with van der Waals surface area (Å²) in [4.78, 5) is 11.7. The van der Waals surface area contributed by atoms with Gasteiger partial charge in [0.2, 0.25) is 0 Å². The Kier molecular flexibility index (Phi) is 5.99. The molecule has 4 nitrogen and oxygen atoms in total. The SMILES string of the molecule is CCC(C)NC(=O)c1c(Cl)c(Cl)cc(S(=O)(=O)Cl)c1Cl. The van der Waals surface area contributed by atoms with Crippen molar-refractivity contribution in [3.8, 4) is 0 Å². The van der Waals surface area contributed by atoms with Crippen molar-refractivity contribution in [3.63, 3.8) is 0 Å². The maximum atomic E-state index is 12.1. The minimum absolute atomic E-state index is 0.121. The van der Waals surface area contributed by atoms with Crippen LogP contribution in [0.25, 0.3) is 0 Å². The Labute approximate surface area is 136 Å². The second-order valence-corrected chi connectivity index (χ2v) is 7.78. The summed E-state index contributed by atoms with van der Waals surface area (Å²) in [7, 11) is 1.11. The number of carbonyl (C=O) groups is 1. The molecule has 1 rings (SSSR count). The van der Waals surface area contributed by atoms with Gasteiger partial charge in [-0.25, -0.2) is 8.42 Å². The molecule has 0 radical (unpaired) electrons. The van der Waals surface area contributed by atoms with Crippen molar-refractivity contribution < 1.29 is 13.2 Å². The number of carbonyl (C=O) groups excluding carboxylic acids is 1. The summed E-state index contributed by atoms with van der Waals surface area (Å²) in [5, 5.41) is 2.03. The monoisotopic (exact) mass is 377 g/mol. The zero-order valence-electron chi connectivity index (χ0n) is 10.5. The van der Waals surface area contributed by atoms with Gasteiger partial charge in [-0.15, -0.1) is 0 Å². The normalized spacial score (nSPS) is 13.1. The topological polar surface area (TPSA) is 63.2 Å². The molecule has 112 valence electrons. The van der Waals surface area contributed by atoms with E-state index in [9.17, 15) is 13.2 Å². The first-order valence-corrected chi connectivity index (χ1v) is 8.96. The van der Waals surface area contributed by atoms with E-state index < -0.39 is 19.9 Å². The molecule has 0 aromatic heterocycles. The predicted molar refractivity (Wildman–Crippen MR) is 81.7 cm³/mol. The van der Waals surface area contributed by atoms with Crippen LogP contribution in [0.4, 0.5) is 0 Å². The van der Waals surface area contributed by atoms with Gasteiger partial charge in [0.15, 0.2) is 0 Å². The maximum Gasteiger partial charge on any atom is 0.262 e. The average molecular weight is 379 g/mol. The molecule has 0 saturated carbocycles. The highest BCUT2D eigenvalue weighted by Crippen LogP contribution is 2.37. The molecular weight excluding hydrogens is 368 g/mol. The second-order valence-electron chi connectivity index (χ2n) is 4.08. The van der Waals surface area contributed by atoms with Crippen LogP contribution in [0.15, 0.2) is 11.0 Å². The van der Waals surface area contributed by atoms with Gasteiger partial charge in [-0.1, -0.05) is 41.7 Å². The summed E-state index contributed by atoms with van der Waals surface area (Å²) >= 11 is 17.7. The number of nitrogens with one attached hydrogen (secondary N) is 1. The van der Waals surface area contributed by atoms with Gasteiger partial charge >= 0.3 is 0 Å². The fraction of sp³-hybridized carbons (Fsp3) is 0.364. The molecule has 0 aliphatic carbocycles. The number of hydrogen-bond donors (Lipinski definition) is 1. The fourth-order valence-corrected chi connectivity index (χ4v) is 3.50. The van der Waals surface area contributed by atoms with Gasteiger partial charge in [-0.3, -0.25) is 4.79 Å². The summed E-state index contributed by atoms with van der Waals surface area (Å²) < 4.78 is 22.8. The Balaban J connectivity index is 3.47. The van der Waals surface area contributed by atoms with Crippen molar-refractivity contribution in [1.82, 2.24) is 5.32 Å². The molecule has 0 aliphatic heterocycles. The van der Waals surface area contributed by atoms with E-state index in [1.165, 1.54) is 0 Å². The molecule has 0 heterocycles. The van der Waals surface area contributed by atoms with Crippen LogP contribution in [-0.4, -0.2) is 20.4 Å². The van der Waals surface area contributed by atoms with Gasteiger partial charge in [0.05, 0.1) is 20.6 Å². The Morgan fingerprint density at radius 3 is 2.30 bits per heavy atom. The van der Waals surface area contributed by atoms with Crippen LogP contribution in [0, 0.1) is 0 Å².